The highest BCUT2D eigenvalue weighted by molar-refractivity contribution is 6.12. The van der Waals surface area contributed by atoms with E-state index in [1.54, 1.807) is 17.0 Å². The molecule has 170 valence electrons. The van der Waals surface area contributed by atoms with Crippen molar-refractivity contribution in [3.63, 3.8) is 0 Å². The van der Waals surface area contributed by atoms with Crippen molar-refractivity contribution in [2.24, 2.45) is 0 Å². The molecular weight excluding hydrogens is 430 g/mol. The van der Waals surface area contributed by atoms with Crippen LogP contribution >= 0.6 is 0 Å². The molecule has 1 N–H and O–H groups in total. The number of hydrogen-bond acceptors (Lipinski definition) is 4. The molecule has 3 heterocycles. The van der Waals surface area contributed by atoms with E-state index < -0.39 is 17.5 Å². The molecule has 3 aromatic rings. The molecule has 0 radical (unpaired) electrons. The van der Waals surface area contributed by atoms with Crippen LogP contribution < -0.4 is 15.0 Å². The molecular formula is C27H23N3O4. The van der Waals surface area contributed by atoms with E-state index in [9.17, 15) is 14.4 Å². The highest BCUT2D eigenvalue weighted by Crippen LogP contribution is 2.41. The predicted molar refractivity (Wildman–Crippen MR) is 126 cm³/mol. The number of aryl methyl sites for hydroxylation is 2. The number of hydrogen-bond donors (Lipinski definition) is 1. The molecule has 0 aliphatic carbocycles. The molecule has 7 heteroatoms. The topological polar surface area (TPSA) is 79.0 Å². The van der Waals surface area contributed by atoms with Gasteiger partial charge in [0.05, 0.1) is 18.0 Å². The van der Waals surface area contributed by atoms with Gasteiger partial charge in [0.1, 0.15) is 12.3 Å². The van der Waals surface area contributed by atoms with Crippen LogP contribution in [0.2, 0.25) is 0 Å². The van der Waals surface area contributed by atoms with Gasteiger partial charge in [-0.3, -0.25) is 19.4 Å². The Hall–Kier alpha value is -4.13. The molecule has 3 aliphatic heterocycles. The van der Waals surface area contributed by atoms with E-state index >= 15 is 0 Å². The first kappa shape index (κ1) is 20.5. The van der Waals surface area contributed by atoms with Crippen molar-refractivity contribution in [2.75, 3.05) is 18.1 Å². The van der Waals surface area contributed by atoms with E-state index in [0.717, 1.165) is 40.2 Å². The van der Waals surface area contributed by atoms with Gasteiger partial charge in [0.2, 0.25) is 0 Å². The highest BCUT2D eigenvalue weighted by Gasteiger charge is 2.55. The highest BCUT2D eigenvalue weighted by atomic mass is 16.5. The van der Waals surface area contributed by atoms with Gasteiger partial charge in [-0.25, -0.2) is 4.79 Å². The summed E-state index contributed by atoms with van der Waals surface area (Å²) in [5, 5.41) is 2.87. The molecule has 0 bridgehead atoms. The second kappa shape index (κ2) is 7.73. The van der Waals surface area contributed by atoms with Crippen molar-refractivity contribution in [3.8, 4) is 5.75 Å². The van der Waals surface area contributed by atoms with Crippen molar-refractivity contribution in [1.29, 1.82) is 0 Å². The first-order valence-electron chi connectivity index (χ1n) is 11.4. The second-order valence-corrected chi connectivity index (χ2v) is 8.81. The Kier molecular flexibility index (Phi) is 4.65. The largest absolute Gasteiger partial charge is 0.493 e. The minimum Gasteiger partial charge on any atom is -0.493 e. The molecule has 3 aromatic carbocycles. The Balaban J connectivity index is 1.36. The quantitative estimate of drug-likeness (QED) is 0.601. The van der Waals surface area contributed by atoms with E-state index in [4.69, 9.17) is 4.74 Å². The third-order valence-electron chi connectivity index (χ3n) is 6.93. The Morgan fingerprint density at radius 2 is 1.50 bits per heavy atom. The number of rotatable bonds is 2. The van der Waals surface area contributed by atoms with E-state index in [1.165, 1.54) is 0 Å². The monoisotopic (exact) mass is 453 g/mol. The van der Waals surface area contributed by atoms with Crippen LogP contribution in [0.4, 0.5) is 16.2 Å². The van der Waals surface area contributed by atoms with Gasteiger partial charge in [-0.1, -0.05) is 54.6 Å². The summed E-state index contributed by atoms with van der Waals surface area (Å²) in [5.74, 6) is -0.174. The molecule has 0 aromatic heterocycles. The molecule has 1 spiro atoms. The van der Waals surface area contributed by atoms with Crippen LogP contribution in [0.5, 0.6) is 5.75 Å². The molecule has 7 nitrogen and oxygen atoms in total. The van der Waals surface area contributed by atoms with Crippen LogP contribution in [-0.2, 0) is 28.0 Å². The number of ether oxygens (including phenoxy) is 1. The second-order valence-electron chi connectivity index (χ2n) is 8.81. The smallest absolute Gasteiger partial charge is 0.325 e. The molecule has 3 aliphatic rings. The molecule has 1 atom stereocenters. The Morgan fingerprint density at radius 3 is 2.21 bits per heavy atom. The Bertz CT molecular complexity index is 1290. The lowest BCUT2D eigenvalue weighted by Gasteiger charge is -2.33. The van der Waals surface area contributed by atoms with E-state index in [-0.39, 0.29) is 12.5 Å². The minimum atomic E-state index is -1.21. The molecule has 6 rings (SSSR count). The molecule has 0 saturated carbocycles. The lowest BCUT2D eigenvalue weighted by Crippen LogP contribution is -2.48. The van der Waals surface area contributed by atoms with Gasteiger partial charge in [-0.05, 0) is 42.2 Å². The number of imide groups is 1. The fraction of sp³-hybridized carbons (Fsp3) is 0.222. The standard InChI is InChI=1S/C27H23N3O4/c31-24(30-21-10-4-1-7-18(21)13-14-19-8-2-5-11-22(19)30)17-29-25(32)27(28-26(29)33)15-16-34-23-12-6-3-9-20(23)27/h1-12H,13-17H2,(H,28,33)/t27-/m1/s1. The molecule has 1 fully saturated rings. The number of carbonyl (C=O) groups is 3. The summed E-state index contributed by atoms with van der Waals surface area (Å²) >= 11 is 0. The summed E-state index contributed by atoms with van der Waals surface area (Å²) in [6, 6.07) is 22.2. The average Bonchev–Trinajstić information content (AvgIpc) is 3.00. The summed E-state index contributed by atoms with van der Waals surface area (Å²) in [6.45, 7) is -0.0458. The third-order valence-corrected chi connectivity index (χ3v) is 6.93. The maximum absolute atomic E-state index is 13.8. The van der Waals surface area contributed by atoms with Crippen LogP contribution in [0.25, 0.3) is 0 Å². The number of urea groups is 1. The summed E-state index contributed by atoms with van der Waals surface area (Å²) in [5.41, 5.74) is 3.10. The number of benzene rings is 3. The zero-order valence-corrected chi connectivity index (χ0v) is 18.5. The molecule has 1 saturated heterocycles. The van der Waals surface area contributed by atoms with Gasteiger partial charge in [0.15, 0.2) is 5.54 Å². The first-order chi connectivity index (χ1) is 16.6. The van der Waals surface area contributed by atoms with Gasteiger partial charge in [0.25, 0.3) is 11.8 Å². The van der Waals surface area contributed by atoms with Gasteiger partial charge in [0, 0.05) is 12.0 Å². The SMILES string of the molecule is O=C1N[C@@]2(CCOc3ccccc32)C(=O)N1CC(=O)N1c2ccccc2CCc2ccccc21. The number of amides is 4. The minimum absolute atomic E-state index is 0.303. The van der Waals surface area contributed by atoms with Crippen LogP contribution in [0.3, 0.4) is 0 Å². The zero-order valence-electron chi connectivity index (χ0n) is 18.5. The van der Waals surface area contributed by atoms with Crippen molar-refractivity contribution in [1.82, 2.24) is 10.2 Å². The maximum atomic E-state index is 13.8. The van der Waals surface area contributed by atoms with Crippen molar-refractivity contribution in [3.05, 3.63) is 89.5 Å². The van der Waals surface area contributed by atoms with Crippen molar-refractivity contribution < 1.29 is 19.1 Å². The van der Waals surface area contributed by atoms with E-state index in [0.29, 0.717) is 24.3 Å². The fourth-order valence-electron chi connectivity index (χ4n) is 5.27. The van der Waals surface area contributed by atoms with Crippen molar-refractivity contribution in [2.45, 2.75) is 24.8 Å². The predicted octanol–water partition coefficient (Wildman–Crippen LogP) is 3.68. The van der Waals surface area contributed by atoms with Crippen LogP contribution in [-0.4, -0.2) is 35.9 Å². The number of para-hydroxylation sites is 3. The van der Waals surface area contributed by atoms with E-state index in [2.05, 4.69) is 5.32 Å². The van der Waals surface area contributed by atoms with Crippen molar-refractivity contribution >= 4 is 29.2 Å². The molecule has 0 unspecified atom stereocenters. The maximum Gasteiger partial charge on any atom is 0.325 e. The molecule has 4 amide bonds. The number of anilines is 2. The number of nitrogens with one attached hydrogen (secondary N) is 1. The fourth-order valence-corrected chi connectivity index (χ4v) is 5.27. The summed E-state index contributed by atoms with van der Waals surface area (Å²) in [7, 11) is 0. The summed E-state index contributed by atoms with van der Waals surface area (Å²) in [4.78, 5) is 43.1. The lowest BCUT2D eigenvalue weighted by atomic mass is 9.84. The summed E-state index contributed by atoms with van der Waals surface area (Å²) in [6.07, 6.45) is 1.93. The van der Waals surface area contributed by atoms with Crippen LogP contribution in [0.15, 0.2) is 72.8 Å². The van der Waals surface area contributed by atoms with Crippen LogP contribution in [0, 0.1) is 0 Å². The average molecular weight is 453 g/mol. The van der Waals surface area contributed by atoms with Gasteiger partial charge >= 0.3 is 6.03 Å². The molecule has 34 heavy (non-hydrogen) atoms. The Morgan fingerprint density at radius 1 is 0.882 bits per heavy atom. The van der Waals surface area contributed by atoms with Gasteiger partial charge in [-0.2, -0.15) is 0 Å². The third kappa shape index (κ3) is 3.00. The van der Waals surface area contributed by atoms with E-state index in [1.807, 2.05) is 60.7 Å². The zero-order chi connectivity index (χ0) is 23.3. The normalized spacial score (nSPS) is 20.7. The van der Waals surface area contributed by atoms with Gasteiger partial charge in [-0.15, -0.1) is 0 Å². The Labute approximate surface area is 196 Å². The number of carbonyl (C=O) groups excluding carboxylic acids is 3. The first-order valence-corrected chi connectivity index (χ1v) is 11.4. The van der Waals surface area contributed by atoms with Crippen LogP contribution in [0.1, 0.15) is 23.1 Å². The summed E-state index contributed by atoms with van der Waals surface area (Å²) < 4.78 is 5.70. The lowest BCUT2D eigenvalue weighted by molar-refractivity contribution is -0.135. The van der Waals surface area contributed by atoms with Gasteiger partial charge < -0.3 is 10.1 Å². The number of nitrogens with zero attached hydrogens (tertiary/aromatic N) is 2. The number of fused-ring (bicyclic) bond motifs is 4.